The van der Waals surface area contributed by atoms with Crippen LogP contribution in [-0.4, -0.2) is 64.5 Å². The van der Waals surface area contributed by atoms with Crippen LogP contribution >= 0.6 is 11.3 Å². The molecule has 1 spiro atoms. The summed E-state index contributed by atoms with van der Waals surface area (Å²) in [7, 11) is 0. The third-order valence-corrected chi connectivity index (χ3v) is 9.62. The van der Waals surface area contributed by atoms with Crippen molar-refractivity contribution in [3.8, 4) is 20.9 Å². The first kappa shape index (κ1) is 25.3. The Balaban J connectivity index is 1.18. The van der Waals surface area contributed by atoms with Crippen molar-refractivity contribution >= 4 is 23.2 Å². The lowest BCUT2D eigenvalue weighted by atomic mass is 9.74. The molecule has 5 heterocycles. The molecule has 0 N–H and O–H groups in total. The van der Waals surface area contributed by atoms with Crippen LogP contribution in [0.5, 0.6) is 0 Å². The van der Waals surface area contributed by atoms with E-state index >= 15 is 0 Å². The third-order valence-electron chi connectivity index (χ3n) is 8.39. The zero-order chi connectivity index (χ0) is 26.3. The summed E-state index contributed by atoms with van der Waals surface area (Å²) in [6.07, 6.45) is 8.20. The molecule has 38 heavy (non-hydrogen) atoms. The van der Waals surface area contributed by atoms with E-state index in [1.165, 1.54) is 0 Å². The fourth-order valence-electron chi connectivity index (χ4n) is 6.68. The first-order valence-electron chi connectivity index (χ1n) is 13.7. The van der Waals surface area contributed by atoms with Crippen LogP contribution in [-0.2, 0) is 9.53 Å². The number of hydrogen-bond acceptors (Lipinski definition) is 6. The first-order chi connectivity index (χ1) is 18.3. The van der Waals surface area contributed by atoms with Crippen LogP contribution in [0.3, 0.4) is 0 Å². The number of ether oxygens (including phenoxy) is 1. The quantitative estimate of drug-likeness (QED) is 0.395. The van der Waals surface area contributed by atoms with Gasteiger partial charge >= 0.3 is 5.97 Å². The maximum atomic E-state index is 13.9. The number of benzene rings is 1. The average Bonchev–Trinajstić information content (AvgIpc) is 3.47. The SMILES string of the molecule is CC1(C)CC2(CCCN(C3CCN(C(=O)c4cc(-c5ccccc5)sc4-c4cccnc4)CC3)C2)C(=O)O1. The van der Waals surface area contributed by atoms with E-state index in [1.807, 2.05) is 55.3 Å². The zero-order valence-corrected chi connectivity index (χ0v) is 23.0. The van der Waals surface area contributed by atoms with E-state index in [-0.39, 0.29) is 22.9 Å². The molecule has 198 valence electrons. The summed E-state index contributed by atoms with van der Waals surface area (Å²) >= 11 is 1.65. The molecule has 1 aromatic carbocycles. The van der Waals surface area contributed by atoms with E-state index in [0.717, 1.165) is 84.7 Å². The molecule has 7 heteroatoms. The van der Waals surface area contributed by atoms with Gasteiger partial charge in [0.2, 0.25) is 0 Å². The Morgan fingerprint density at radius 3 is 2.50 bits per heavy atom. The number of thiophene rings is 1. The number of amides is 1. The molecular weight excluding hydrogens is 494 g/mol. The summed E-state index contributed by atoms with van der Waals surface area (Å²) in [5.74, 6) is 0.0754. The second-order valence-corrected chi connectivity index (χ2v) is 12.7. The van der Waals surface area contributed by atoms with Crippen LogP contribution in [0.1, 0.15) is 56.3 Å². The van der Waals surface area contributed by atoms with Gasteiger partial charge in [-0.3, -0.25) is 19.5 Å². The summed E-state index contributed by atoms with van der Waals surface area (Å²) in [5.41, 5.74) is 2.11. The molecule has 6 rings (SSSR count). The second-order valence-electron chi connectivity index (χ2n) is 11.7. The van der Waals surface area contributed by atoms with Gasteiger partial charge < -0.3 is 9.64 Å². The Kier molecular flexibility index (Phi) is 6.60. The number of pyridine rings is 1. The molecule has 3 aliphatic heterocycles. The zero-order valence-electron chi connectivity index (χ0n) is 22.2. The fraction of sp³-hybridized carbons (Fsp3) is 0.452. The number of carbonyl (C=O) groups is 2. The van der Waals surface area contributed by atoms with Crippen molar-refractivity contribution in [1.82, 2.24) is 14.8 Å². The van der Waals surface area contributed by atoms with E-state index in [9.17, 15) is 9.59 Å². The van der Waals surface area contributed by atoms with Gasteiger partial charge in [0.15, 0.2) is 0 Å². The predicted octanol–water partition coefficient (Wildman–Crippen LogP) is 5.89. The Labute approximate surface area is 228 Å². The highest BCUT2D eigenvalue weighted by atomic mass is 32.1. The number of piperidine rings is 2. The topological polar surface area (TPSA) is 62.7 Å². The smallest absolute Gasteiger partial charge is 0.314 e. The van der Waals surface area contributed by atoms with Crippen molar-refractivity contribution in [1.29, 1.82) is 0 Å². The minimum Gasteiger partial charge on any atom is -0.459 e. The minimum atomic E-state index is -0.374. The number of carbonyl (C=O) groups excluding carboxylic acids is 2. The maximum Gasteiger partial charge on any atom is 0.314 e. The molecule has 1 amide bonds. The van der Waals surface area contributed by atoms with Crippen molar-refractivity contribution in [3.63, 3.8) is 0 Å². The highest BCUT2D eigenvalue weighted by Crippen LogP contribution is 2.47. The van der Waals surface area contributed by atoms with Gasteiger partial charge in [0.05, 0.1) is 11.0 Å². The number of esters is 1. The molecule has 3 saturated heterocycles. The lowest BCUT2D eigenvalue weighted by Gasteiger charge is -2.44. The summed E-state index contributed by atoms with van der Waals surface area (Å²) in [4.78, 5) is 37.6. The molecule has 0 saturated carbocycles. The Bertz CT molecular complexity index is 1310. The predicted molar refractivity (Wildman–Crippen MR) is 150 cm³/mol. The highest BCUT2D eigenvalue weighted by molar-refractivity contribution is 7.19. The first-order valence-corrected chi connectivity index (χ1v) is 14.5. The Hall–Kier alpha value is -3.03. The number of nitrogens with zero attached hydrogens (tertiary/aromatic N) is 3. The monoisotopic (exact) mass is 529 g/mol. The summed E-state index contributed by atoms with van der Waals surface area (Å²) in [5, 5.41) is 0. The van der Waals surface area contributed by atoms with Gasteiger partial charge in [-0.25, -0.2) is 0 Å². The van der Waals surface area contributed by atoms with Gasteiger partial charge in [-0.15, -0.1) is 11.3 Å². The molecule has 3 fully saturated rings. The molecule has 6 nitrogen and oxygen atoms in total. The highest BCUT2D eigenvalue weighted by Gasteiger charge is 2.54. The maximum absolute atomic E-state index is 13.9. The molecule has 0 radical (unpaired) electrons. The van der Waals surface area contributed by atoms with Crippen LogP contribution in [0, 0.1) is 5.41 Å². The van der Waals surface area contributed by atoms with E-state index in [1.54, 1.807) is 17.5 Å². The number of likely N-dealkylation sites (tertiary alicyclic amines) is 2. The Morgan fingerprint density at radius 2 is 1.82 bits per heavy atom. The molecule has 3 aromatic rings. The summed E-state index contributed by atoms with van der Waals surface area (Å²) in [6, 6.07) is 16.6. The molecule has 1 unspecified atom stereocenters. The van der Waals surface area contributed by atoms with Gasteiger partial charge in [-0.1, -0.05) is 36.4 Å². The number of hydrogen-bond donors (Lipinski definition) is 0. The van der Waals surface area contributed by atoms with Crippen LogP contribution in [0.4, 0.5) is 0 Å². The van der Waals surface area contributed by atoms with Crippen LogP contribution in [0.25, 0.3) is 20.9 Å². The number of rotatable bonds is 4. The van der Waals surface area contributed by atoms with Gasteiger partial charge in [0.25, 0.3) is 5.91 Å². The summed E-state index contributed by atoms with van der Waals surface area (Å²) in [6.45, 7) is 7.30. The molecule has 3 aliphatic rings. The Morgan fingerprint density at radius 1 is 1.05 bits per heavy atom. The largest absolute Gasteiger partial charge is 0.459 e. The third kappa shape index (κ3) is 4.78. The van der Waals surface area contributed by atoms with E-state index in [0.29, 0.717) is 6.04 Å². The van der Waals surface area contributed by atoms with Gasteiger partial charge in [0, 0.05) is 59.8 Å². The van der Waals surface area contributed by atoms with Crippen LogP contribution < -0.4 is 0 Å². The summed E-state index contributed by atoms with van der Waals surface area (Å²) < 4.78 is 5.73. The van der Waals surface area contributed by atoms with Gasteiger partial charge in [-0.2, -0.15) is 0 Å². The molecule has 1 atom stereocenters. The fourth-order valence-corrected chi connectivity index (χ4v) is 7.83. The standard InChI is InChI=1S/C31H35N3O3S/c1-30(2)20-31(29(36)37-30)13-7-15-34(21-31)24-11-16-33(17-12-24)28(35)25-18-26(22-8-4-3-5-9-22)38-27(25)23-10-6-14-32-19-23/h3-6,8-10,14,18-19,24H,7,11-13,15-17,20-21H2,1-2H3. The van der Waals surface area contributed by atoms with Crippen molar-refractivity contribution in [3.05, 3.63) is 66.5 Å². The van der Waals surface area contributed by atoms with E-state index in [2.05, 4.69) is 28.1 Å². The van der Waals surface area contributed by atoms with E-state index in [4.69, 9.17) is 4.74 Å². The van der Waals surface area contributed by atoms with Gasteiger partial charge in [0.1, 0.15) is 5.60 Å². The number of aromatic nitrogens is 1. The molecule has 2 aromatic heterocycles. The van der Waals surface area contributed by atoms with Crippen molar-refractivity contribution in [2.24, 2.45) is 5.41 Å². The average molecular weight is 530 g/mol. The van der Waals surface area contributed by atoms with Gasteiger partial charge in [-0.05, 0) is 63.8 Å². The van der Waals surface area contributed by atoms with Crippen molar-refractivity contribution in [2.75, 3.05) is 26.2 Å². The molecule has 0 bridgehead atoms. The lowest BCUT2D eigenvalue weighted by Crippen LogP contribution is -2.53. The number of cyclic esters (lactones) is 1. The minimum absolute atomic E-state index is 0.0191. The molecule has 0 aliphatic carbocycles. The van der Waals surface area contributed by atoms with Crippen LogP contribution in [0.2, 0.25) is 0 Å². The van der Waals surface area contributed by atoms with Crippen molar-refractivity contribution < 1.29 is 14.3 Å². The molecular formula is C31H35N3O3S. The van der Waals surface area contributed by atoms with Crippen molar-refractivity contribution in [2.45, 2.75) is 57.6 Å². The van der Waals surface area contributed by atoms with E-state index < -0.39 is 0 Å². The second kappa shape index (κ2) is 9.93. The normalized spacial score (nSPS) is 24.1. The lowest BCUT2D eigenvalue weighted by molar-refractivity contribution is -0.154. The van der Waals surface area contributed by atoms with Crippen LogP contribution in [0.15, 0.2) is 60.9 Å².